The van der Waals surface area contributed by atoms with Crippen LogP contribution in [0.4, 0.5) is 10.1 Å². The molecule has 0 aromatic heterocycles. The standard InChI is InChI=1S/C34H36FN3O5S/c1-4-36-34(40)32(22-26-11-6-5-7-12-26)37(23-27-13-10-14-28(21-27)43-3)33(39)24-38(31-16-9-8-15-30(31)35)44(41,42)29-19-17-25(2)18-20-29/h5-21,32H,4,22-24H2,1-3H3,(H,36,40)/t32-/m1/s1. The van der Waals surface area contributed by atoms with Crippen LogP contribution in [0.2, 0.25) is 0 Å². The van der Waals surface area contributed by atoms with Crippen LogP contribution in [0.15, 0.2) is 108 Å². The summed E-state index contributed by atoms with van der Waals surface area (Å²) in [5.74, 6) is -1.33. The lowest BCUT2D eigenvalue weighted by atomic mass is 10.0. The van der Waals surface area contributed by atoms with E-state index in [1.807, 2.05) is 37.3 Å². The molecule has 1 N–H and O–H groups in total. The quantitative estimate of drug-likeness (QED) is 0.225. The van der Waals surface area contributed by atoms with Crippen molar-refractivity contribution < 1.29 is 27.1 Å². The van der Waals surface area contributed by atoms with Gasteiger partial charge in [-0.25, -0.2) is 12.8 Å². The highest BCUT2D eigenvalue weighted by Gasteiger charge is 2.35. The number of hydrogen-bond donors (Lipinski definition) is 1. The molecule has 4 aromatic carbocycles. The van der Waals surface area contributed by atoms with Gasteiger partial charge in [-0.15, -0.1) is 0 Å². The van der Waals surface area contributed by atoms with Crippen molar-refractivity contribution in [1.82, 2.24) is 10.2 Å². The number of amides is 2. The summed E-state index contributed by atoms with van der Waals surface area (Å²) in [6.07, 6.45) is 0.173. The van der Waals surface area contributed by atoms with Crippen LogP contribution in [0.3, 0.4) is 0 Å². The number of benzene rings is 4. The Labute approximate surface area is 258 Å². The number of anilines is 1. The zero-order chi connectivity index (χ0) is 31.7. The fourth-order valence-electron chi connectivity index (χ4n) is 4.82. The molecule has 0 aliphatic heterocycles. The molecule has 8 nitrogen and oxygen atoms in total. The summed E-state index contributed by atoms with van der Waals surface area (Å²) in [6, 6.07) is 26.8. The highest BCUT2D eigenvalue weighted by Crippen LogP contribution is 2.27. The van der Waals surface area contributed by atoms with Crippen molar-refractivity contribution in [3.05, 3.63) is 126 Å². The summed E-state index contributed by atoms with van der Waals surface area (Å²) in [6.45, 7) is 3.15. The third kappa shape index (κ3) is 7.82. The highest BCUT2D eigenvalue weighted by molar-refractivity contribution is 7.92. The summed E-state index contributed by atoms with van der Waals surface area (Å²) in [5.41, 5.74) is 2.04. The number of methoxy groups -OCH3 is 1. The van der Waals surface area contributed by atoms with Crippen LogP contribution in [0, 0.1) is 12.7 Å². The molecule has 10 heteroatoms. The molecule has 44 heavy (non-hydrogen) atoms. The second kappa shape index (κ2) is 14.7. The Balaban J connectivity index is 1.81. The summed E-state index contributed by atoms with van der Waals surface area (Å²) < 4.78 is 49.3. The van der Waals surface area contributed by atoms with E-state index in [0.29, 0.717) is 17.9 Å². The molecule has 0 unspecified atom stereocenters. The maximum absolute atomic E-state index is 15.2. The number of nitrogens with zero attached hydrogens (tertiary/aromatic N) is 2. The first-order chi connectivity index (χ1) is 21.1. The van der Waals surface area contributed by atoms with Crippen LogP contribution < -0.4 is 14.4 Å². The number of likely N-dealkylation sites (N-methyl/N-ethyl adjacent to an activating group) is 1. The van der Waals surface area contributed by atoms with Crippen molar-refractivity contribution in [2.45, 2.75) is 37.8 Å². The number of hydrogen-bond acceptors (Lipinski definition) is 5. The molecule has 0 saturated heterocycles. The number of carbonyl (C=O) groups excluding carboxylic acids is 2. The first-order valence-electron chi connectivity index (χ1n) is 14.2. The number of para-hydroxylation sites is 1. The monoisotopic (exact) mass is 617 g/mol. The van der Waals surface area contributed by atoms with E-state index in [4.69, 9.17) is 4.74 Å². The van der Waals surface area contributed by atoms with E-state index in [2.05, 4.69) is 5.32 Å². The maximum atomic E-state index is 15.2. The van der Waals surface area contributed by atoms with Gasteiger partial charge in [0, 0.05) is 19.5 Å². The lowest BCUT2D eigenvalue weighted by molar-refractivity contribution is -0.140. The lowest BCUT2D eigenvalue weighted by Crippen LogP contribution is -2.53. The van der Waals surface area contributed by atoms with E-state index in [0.717, 1.165) is 21.5 Å². The van der Waals surface area contributed by atoms with E-state index in [9.17, 15) is 18.0 Å². The van der Waals surface area contributed by atoms with Gasteiger partial charge >= 0.3 is 0 Å². The number of halogens is 1. The van der Waals surface area contributed by atoms with Gasteiger partial charge in [0.1, 0.15) is 24.2 Å². The van der Waals surface area contributed by atoms with E-state index >= 15 is 4.39 Å². The molecule has 0 aliphatic rings. The predicted molar refractivity (Wildman–Crippen MR) is 168 cm³/mol. The number of sulfonamides is 1. The Hall–Kier alpha value is -4.70. The molecular formula is C34H36FN3O5S. The number of rotatable bonds is 13. The van der Waals surface area contributed by atoms with Gasteiger partial charge < -0.3 is 15.0 Å². The molecule has 0 aliphatic carbocycles. The lowest BCUT2D eigenvalue weighted by Gasteiger charge is -2.34. The highest BCUT2D eigenvalue weighted by atomic mass is 32.2. The Morgan fingerprint density at radius 3 is 2.20 bits per heavy atom. The molecule has 1 atom stereocenters. The topological polar surface area (TPSA) is 96.0 Å². The van der Waals surface area contributed by atoms with Crippen molar-refractivity contribution in [1.29, 1.82) is 0 Å². The maximum Gasteiger partial charge on any atom is 0.264 e. The van der Waals surface area contributed by atoms with Gasteiger partial charge in [0.05, 0.1) is 17.7 Å². The Morgan fingerprint density at radius 2 is 1.55 bits per heavy atom. The largest absolute Gasteiger partial charge is 0.497 e. The minimum absolute atomic E-state index is 0.0274. The van der Waals surface area contributed by atoms with Crippen molar-refractivity contribution in [3.63, 3.8) is 0 Å². The van der Waals surface area contributed by atoms with E-state index in [-0.39, 0.29) is 23.5 Å². The second-order valence-electron chi connectivity index (χ2n) is 10.2. The first-order valence-corrected chi connectivity index (χ1v) is 15.7. The molecule has 4 rings (SSSR count). The first kappa shape index (κ1) is 32.2. The van der Waals surface area contributed by atoms with Crippen molar-refractivity contribution in [2.24, 2.45) is 0 Å². The molecular weight excluding hydrogens is 581 g/mol. The normalized spacial score (nSPS) is 11.8. The molecule has 0 bridgehead atoms. The van der Waals surface area contributed by atoms with Crippen LogP contribution in [0.5, 0.6) is 5.75 Å². The summed E-state index contributed by atoms with van der Waals surface area (Å²) in [7, 11) is -2.87. The third-order valence-electron chi connectivity index (χ3n) is 7.12. The van der Waals surface area contributed by atoms with Gasteiger partial charge in [0.25, 0.3) is 10.0 Å². The van der Waals surface area contributed by atoms with Crippen LogP contribution in [-0.2, 0) is 32.6 Å². The SMILES string of the molecule is CCNC(=O)[C@@H](Cc1ccccc1)N(Cc1cccc(OC)c1)C(=O)CN(c1ccccc1F)S(=O)(=O)c1ccc(C)cc1. The fourth-order valence-corrected chi connectivity index (χ4v) is 6.24. The van der Waals surface area contributed by atoms with Crippen LogP contribution in [0.1, 0.15) is 23.6 Å². The van der Waals surface area contributed by atoms with E-state index < -0.39 is 40.2 Å². The third-order valence-corrected chi connectivity index (χ3v) is 8.89. The van der Waals surface area contributed by atoms with Gasteiger partial charge in [-0.1, -0.05) is 72.3 Å². The van der Waals surface area contributed by atoms with Crippen LogP contribution in [0.25, 0.3) is 0 Å². The fraction of sp³-hybridized carbons (Fsp3) is 0.235. The number of nitrogens with one attached hydrogen (secondary N) is 1. The molecule has 0 spiro atoms. The summed E-state index contributed by atoms with van der Waals surface area (Å²) in [4.78, 5) is 29.2. The molecule has 0 radical (unpaired) electrons. The summed E-state index contributed by atoms with van der Waals surface area (Å²) >= 11 is 0. The van der Waals surface area contributed by atoms with Crippen LogP contribution >= 0.6 is 0 Å². The zero-order valence-corrected chi connectivity index (χ0v) is 25.8. The average Bonchev–Trinajstić information content (AvgIpc) is 3.02. The van der Waals surface area contributed by atoms with Crippen molar-refractivity contribution in [3.8, 4) is 5.75 Å². The minimum atomic E-state index is -4.40. The van der Waals surface area contributed by atoms with Gasteiger partial charge in [-0.2, -0.15) is 0 Å². The van der Waals surface area contributed by atoms with Gasteiger partial charge in [0.15, 0.2) is 0 Å². The van der Waals surface area contributed by atoms with Gasteiger partial charge in [-0.05, 0) is 61.4 Å². The molecule has 0 heterocycles. The Kier molecular flexibility index (Phi) is 10.7. The Morgan fingerprint density at radius 1 is 0.886 bits per heavy atom. The number of ether oxygens (including phenoxy) is 1. The van der Waals surface area contributed by atoms with Gasteiger partial charge in [-0.3, -0.25) is 13.9 Å². The molecule has 0 saturated carbocycles. The van der Waals surface area contributed by atoms with E-state index in [1.165, 1.54) is 42.3 Å². The number of carbonyl (C=O) groups is 2. The minimum Gasteiger partial charge on any atom is -0.497 e. The smallest absolute Gasteiger partial charge is 0.264 e. The zero-order valence-electron chi connectivity index (χ0n) is 24.9. The van der Waals surface area contributed by atoms with Crippen LogP contribution in [-0.4, -0.2) is 51.4 Å². The van der Waals surface area contributed by atoms with Gasteiger partial charge in [0.2, 0.25) is 11.8 Å². The van der Waals surface area contributed by atoms with E-state index in [1.54, 1.807) is 43.3 Å². The molecule has 4 aromatic rings. The molecule has 230 valence electrons. The average molecular weight is 618 g/mol. The van der Waals surface area contributed by atoms with Crippen molar-refractivity contribution >= 4 is 27.5 Å². The second-order valence-corrected chi connectivity index (χ2v) is 12.1. The Bertz CT molecular complexity index is 1680. The summed E-state index contributed by atoms with van der Waals surface area (Å²) in [5, 5.41) is 2.82. The van der Waals surface area contributed by atoms with Crippen molar-refractivity contribution in [2.75, 3.05) is 24.5 Å². The molecule has 0 fully saturated rings. The molecule has 2 amide bonds. The predicted octanol–water partition coefficient (Wildman–Crippen LogP) is 5.11. The number of aryl methyl sites for hydroxylation is 1.